The van der Waals surface area contributed by atoms with Crippen molar-refractivity contribution in [1.29, 1.82) is 0 Å². The van der Waals surface area contributed by atoms with Crippen LogP contribution in [0.3, 0.4) is 0 Å². The van der Waals surface area contributed by atoms with Gasteiger partial charge in [0.05, 0.1) is 7.11 Å². The second-order valence-electron chi connectivity index (χ2n) is 4.80. The highest BCUT2D eigenvalue weighted by Gasteiger charge is 2.32. The minimum absolute atomic E-state index is 0.0740. The van der Waals surface area contributed by atoms with Crippen molar-refractivity contribution in [3.63, 3.8) is 0 Å². The molecule has 0 saturated carbocycles. The molecule has 0 radical (unpaired) electrons. The number of hydrogen-bond donors (Lipinski definition) is 1. The highest BCUT2D eigenvalue weighted by Crippen LogP contribution is 2.38. The predicted molar refractivity (Wildman–Crippen MR) is 73.2 cm³/mol. The van der Waals surface area contributed by atoms with Crippen LogP contribution < -0.4 is 10.5 Å². The molecule has 3 nitrogen and oxygen atoms in total. The number of rotatable bonds is 3. The van der Waals surface area contributed by atoms with Crippen LogP contribution >= 0.6 is 15.9 Å². The SMILES string of the molecule is COc1cc(Br)cc(C2CC(CN)CN2C)c1F. The number of nitrogens with zero attached hydrogens (tertiary/aromatic N) is 1. The van der Waals surface area contributed by atoms with Crippen molar-refractivity contribution >= 4 is 15.9 Å². The molecule has 5 heteroatoms. The van der Waals surface area contributed by atoms with Crippen LogP contribution in [0, 0.1) is 11.7 Å². The Morgan fingerprint density at radius 1 is 1.56 bits per heavy atom. The number of benzene rings is 1. The Morgan fingerprint density at radius 3 is 2.83 bits per heavy atom. The van der Waals surface area contributed by atoms with E-state index in [9.17, 15) is 4.39 Å². The summed E-state index contributed by atoms with van der Waals surface area (Å²) in [5, 5.41) is 0. The van der Waals surface area contributed by atoms with E-state index in [1.54, 1.807) is 6.07 Å². The molecule has 1 fully saturated rings. The third kappa shape index (κ3) is 2.53. The molecule has 1 aliphatic rings. The molecule has 2 atom stereocenters. The standard InChI is InChI=1S/C13H18BrFN2O/c1-17-7-8(6-16)3-11(17)10-4-9(14)5-12(18-2)13(10)15/h4-5,8,11H,3,6-7,16H2,1-2H3. The van der Waals surface area contributed by atoms with E-state index in [1.165, 1.54) is 7.11 Å². The lowest BCUT2D eigenvalue weighted by atomic mass is 9.99. The fourth-order valence-electron chi connectivity index (χ4n) is 2.62. The zero-order valence-electron chi connectivity index (χ0n) is 10.6. The molecule has 100 valence electrons. The van der Waals surface area contributed by atoms with Gasteiger partial charge in [0.25, 0.3) is 0 Å². The lowest BCUT2D eigenvalue weighted by Crippen LogP contribution is -2.21. The van der Waals surface area contributed by atoms with Gasteiger partial charge in [0.1, 0.15) is 0 Å². The second kappa shape index (κ2) is 5.55. The molecule has 1 aliphatic heterocycles. The maximum absolute atomic E-state index is 14.3. The Morgan fingerprint density at radius 2 is 2.28 bits per heavy atom. The summed E-state index contributed by atoms with van der Waals surface area (Å²) in [7, 11) is 3.49. The summed E-state index contributed by atoms with van der Waals surface area (Å²) >= 11 is 3.40. The molecule has 1 heterocycles. The van der Waals surface area contributed by atoms with Crippen LogP contribution in [-0.2, 0) is 0 Å². The van der Waals surface area contributed by atoms with E-state index in [4.69, 9.17) is 10.5 Å². The van der Waals surface area contributed by atoms with Crippen LogP contribution in [0.1, 0.15) is 18.0 Å². The maximum atomic E-state index is 14.3. The van der Waals surface area contributed by atoms with E-state index < -0.39 is 0 Å². The van der Waals surface area contributed by atoms with Crippen LogP contribution in [0.5, 0.6) is 5.75 Å². The summed E-state index contributed by atoms with van der Waals surface area (Å²) in [6.45, 7) is 1.56. The topological polar surface area (TPSA) is 38.5 Å². The van der Waals surface area contributed by atoms with E-state index in [0.717, 1.165) is 17.4 Å². The van der Waals surface area contributed by atoms with E-state index in [-0.39, 0.29) is 17.6 Å². The van der Waals surface area contributed by atoms with Gasteiger partial charge in [-0.05, 0) is 38.1 Å². The number of ether oxygens (including phenoxy) is 1. The Bertz CT molecular complexity index is 441. The Labute approximate surface area is 115 Å². The van der Waals surface area contributed by atoms with Gasteiger partial charge in [0.15, 0.2) is 11.6 Å². The van der Waals surface area contributed by atoms with E-state index in [2.05, 4.69) is 20.8 Å². The molecule has 0 aromatic heterocycles. The molecule has 1 saturated heterocycles. The van der Waals surface area contributed by atoms with Gasteiger partial charge in [-0.25, -0.2) is 4.39 Å². The van der Waals surface area contributed by atoms with E-state index in [1.807, 2.05) is 13.1 Å². The Kier molecular flexibility index (Phi) is 4.25. The van der Waals surface area contributed by atoms with Crippen molar-refractivity contribution in [2.24, 2.45) is 11.7 Å². The fourth-order valence-corrected chi connectivity index (χ4v) is 3.07. The van der Waals surface area contributed by atoms with Gasteiger partial charge in [0, 0.05) is 22.6 Å². The van der Waals surface area contributed by atoms with Crippen LogP contribution in [0.25, 0.3) is 0 Å². The van der Waals surface area contributed by atoms with Crippen LogP contribution in [0.4, 0.5) is 4.39 Å². The van der Waals surface area contributed by atoms with Crippen molar-refractivity contribution in [2.75, 3.05) is 27.2 Å². The fraction of sp³-hybridized carbons (Fsp3) is 0.538. The summed E-state index contributed by atoms with van der Waals surface area (Å²) in [6.07, 6.45) is 0.892. The van der Waals surface area contributed by atoms with Crippen LogP contribution in [0.15, 0.2) is 16.6 Å². The molecule has 0 amide bonds. The molecule has 1 aromatic rings. The molecule has 2 rings (SSSR count). The molecule has 0 spiro atoms. The normalized spacial score (nSPS) is 24.5. The second-order valence-corrected chi connectivity index (χ2v) is 5.72. The van der Waals surface area contributed by atoms with Gasteiger partial charge >= 0.3 is 0 Å². The Balaban J connectivity index is 2.36. The highest BCUT2D eigenvalue weighted by atomic mass is 79.9. The molecule has 2 unspecified atom stereocenters. The third-order valence-corrected chi connectivity index (χ3v) is 4.04. The van der Waals surface area contributed by atoms with Crippen LogP contribution in [0.2, 0.25) is 0 Å². The first-order valence-electron chi connectivity index (χ1n) is 6.00. The van der Waals surface area contributed by atoms with Crippen molar-refractivity contribution in [3.05, 3.63) is 28.0 Å². The molecule has 0 bridgehead atoms. The first kappa shape index (κ1) is 13.8. The quantitative estimate of drug-likeness (QED) is 0.931. The van der Waals surface area contributed by atoms with Crippen molar-refractivity contribution in [3.8, 4) is 5.75 Å². The van der Waals surface area contributed by atoms with Gasteiger partial charge < -0.3 is 10.5 Å². The molecule has 2 N–H and O–H groups in total. The van der Waals surface area contributed by atoms with Gasteiger partial charge in [0.2, 0.25) is 0 Å². The summed E-state index contributed by atoms with van der Waals surface area (Å²) in [5.41, 5.74) is 6.39. The number of methoxy groups -OCH3 is 1. The monoisotopic (exact) mass is 316 g/mol. The highest BCUT2D eigenvalue weighted by molar-refractivity contribution is 9.10. The number of hydrogen-bond acceptors (Lipinski definition) is 3. The van der Waals surface area contributed by atoms with Crippen molar-refractivity contribution in [1.82, 2.24) is 4.90 Å². The summed E-state index contributed by atoms with van der Waals surface area (Å²) in [5.74, 6) is 0.448. The van der Waals surface area contributed by atoms with Gasteiger partial charge in [-0.2, -0.15) is 0 Å². The summed E-state index contributed by atoms with van der Waals surface area (Å²) in [4.78, 5) is 2.15. The molecule has 0 aliphatic carbocycles. The minimum atomic E-state index is -0.268. The van der Waals surface area contributed by atoms with Crippen LogP contribution in [-0.4, -0.2) is 32.1 Å². The number of nitrogens with two attached hydrogens (primary N) is 1. The largest absolute Gasteiger partial charge is 0.494 e. The lowest BCUT2D eigenvalue weighted by Gasteiger charge is -2.21. The first-order chi connectivity index (χ1) is 8.56. The number of likely N-dealkylation sites (tertiary alicyclic amines) is 1. The number of halogens is 2. The minimum Gasteiger partial charge on any atom is -0.494 e. The smallest absolute Gasteiger partial charge is 0.169 e. The third-order valence-electron chi connectivity index (χ3n) is 3.58. The average molecular weight is 317 g/mol. The van der Waals surface area contributed by atoms with Crippen molar-refractivity contribution in [2.45, 2.75) is 12.5 Å². The van der Waals surface area contributed by atoms with Gasteiger partial charge in [-0.15, -0.1) is 0 Å². The molecule has 1 aromatic carbocycles. The average Bonchev–Trinajstić information content (AvgIpc) is 2.73. The summed E-state index contributed by atoms with van der Waals surface area (Å²) < 4.78 is 20.2. The van der Waals surface area contributed by atoms with E-state index >= 15 is 0 Å². The zero-order chi connectivity index (χ0) is 13.3. The zero-order valence-corrected chi connectivity index (χ0v) is 12.2. The summed E-state index contributed by atoms with van der Waals surface area (Å²) in [6, 6.07) is 3.55. The maximum Gasteiger partial charge on any atom is 0.169 e. The Hall–Kier alpha value is -0.650. The van der Waals surface area contributed by atoms with Gasteiger partial charge in [-0.1, -0.05) is 15.9 Å². The lowest BCUT2D eigenvalue weighted by molar-refractivity contribution is 0.302. The molecular formula is C13H18BrFN2O. The van der Waals surface area contributed by atoms with Gasteiger partial charge in [-0.3, -0.25) is 4.90 Å². The van der Waals surface area contributed by atoms with Crippen molar-refractivity contribution < 1.29 is 9.13 Å². The molecular weight excluding hydrogens is 299 g/mol. The first-order valence-corrected chi connectivity index (χ1v) is 6.79. The molecule has 18 heavy (non-hydrogen) atoms. The predicted octanol–water partition coefficient (Wildman–Crippen LogP) is 2.55. The van der Waals surface area contributed by atoms with E-state index in [0.29, 0.717) is 18.0 Å².